The number of ketones is 1. The van der Waals surface area contributed by atoms with Crippen LogP contribution in [0.3, 0.4) is 0 Å². The second kappa shape index (κ2) is 11.4. The molecule has 4 rings (SSSR count). The molecule has 0 N–H and O–H groups in total. The molecule has 0 saturated heterocycles. The molecule has 0 radical (unpaired) electrons. The number of rotatable bonds is 8. The maximum Gasteiger partial charge on any atom is 0.343 e. The minimum Gasteiger partial charge on any atom is -0.454 e. The summed E-state index contributed by atoms with van der Waals surface area (Å²) in [7, 11) is 0. The molecule has 0 atom stereocenters. The third-order valence-electron chi connectivity index (χ3n) is 5.03. The van der Waals surface area contributed by atoms with Crippen LogP contribution in [-0.2, 0) is 4.74 Å². The molecule has 0 unspecified atom stereocenters. The minimum absolute atomic E-state index is 0.0142. The van der Waals surface area contributed by atoms with E-state index in [9.17, 15) is 19.2 Å². The first-order valence-electron chi connectivity index (χ1n) is 10.9. The first kappa shape index (κ1) is 24.1. The molecule has 0 bridgehead atoms. The Morgan fingerprint density at radius 2 is 1.00 bits per heavy atom. The van der Waals surface area contributed by atoms with Crippen molar-refractivity contribution in [2.24, 2.45) is 0 Å². The van der Waals surface area contributed by atoms with Gasteiger partial charge in [0.05, 0.1) is 22.3 Å². The van der Waals surface area contributed by atoms with Crippen molar-refractivity contribution in [1.29, 1.82) is 0 Å². The Balaban J connectivity index is 1.56. The zero-order valence-corrected chi connectivity index (χ0v) is 19.0. The number of carbonyl (C=O) groups is 4. The molecule has 4 aromatic rings. The molecule has 0 spiro atoms. The van der Waals surface area contributed by atoms with Crippen LogP contribution >= 0.6 is 0 Å². The lowest BCUT2D eigenvalue weighted by atomic mass is 10.1. The van der Waals surface area contributed by atoms with Crippen LogP contribution in [0.1, 0.15) is 41.4 Å². The second-order valence-corrected chi connectivity index (χ2v) is 7.53. The summed E-state index contributed by atoms with van der Waals surface area (Å²) < 4.78 is 16.0. The van der Waals surface area contributed by atoms with Gasteiger partial charge in [0.15, 0.2) is 6.61 Å². The number of carbonyl (C=O) groups excluding carboxylic acids is 4. The molecule has 0 amide bonds. The second-order valence-electron chi connectivity index (χ2n) is 7.53. The molecule has 7 heteroatoms. The monoisotopic (exact) mass is 480 g/mol. The van der Waals surface area contributed by atoms with Gasteiger partial charge in [0.1, 0.15) is 11.5 Å². The summed E-state index contributed by atoms with van der Waals surface area (Å²) in [5, 5.41) is 0. The van der Waals surface area contributed by atoms with E-state index < -0.39 is 30.3 Å². The normalized spacial score (nSPS) is 10.2. The fourth-order valence-electron chi connectivity index (χ4n) is 3.22. The molecule has 0 aliphatic rings. The lowest BCUT2D eigenvalue weighted by Gasteiger charge is -2.12. The lowest BCUT2D eigenvalue weighted by molar-refractivity contribution is 0.0472. The van der Waals surface area contributed by atoms with E-state index in [0.29, 0.717) is 11.1 Å². The third kappa shape index (κ3) is 6.09. The van der Waals surface area contributed by atoms with E-state index in [4.69, 9.17) is 14.2 Å². The van der Waals surface area contributed by atoms with E-state index >= 15 is 0 Å². The summed E-state index contributed by atoms with van der Waals surface area (Å²) in [6, 6.07) is 28.8. The standard InChI is InChI=1S/C29H20O7/c30-25(19-34-27(31)20-10-4-1-5-11-20)24-17-16-23(35-28(32)21-12-6-2-7-13-21)18-26(24)36-29(33)22-14-8-3-9-15-22/h1-18H,19H2. The van der Waals surface area contributed by atoms with Gasteiger partial charge in [0.2, 0.25) is 5.78 Å². The fraction of sp³-hybridized carbons (Fsp3) is 0.0345. The number of Topliss-reactive ketones (excluding diaryl/α,β-unsaturated/α-hetero) is 1. The van der Waals surface area contributed by atoms with Crippen molar-refractivity contribution in [2.75, 3.05) is 6.61 Å². The van der Waals surface area contributed by atoms with Gasteiger partial charge in [0, 0.05) is 6.07 Å². The molecule has 0 fully saturated rings. The number of benzene rings is 4. The Kier molecular flexibility index (Phi) is 7.63. The van der Waals surface area contributed by atoms with Gasteiger partial charge in [-0.3, -0.25) is 4.79 Å². The SMILES string of the molecule is O=C(OCC(=O)c1ccc(OC(=O)c2ccccc2)cc1OC(=O)c1ccccc1)c1ccccc1. The van der Waals surface area contributed by atoms with Gasteiger partial charge in [0.25, 0.3) is 0 Å². The fourth-order valence-corrected chi connectivity index (χ4v) is 3.22. The number of hydrogen-bond donors (Lipinski definition) is 0. The zero-order chi connectivity index (χ0) is 25.3. The van der Waals surface area contributed by atoms with E-state index in [1.807, 2.05) is 0 Å². The van der Waals surface area contributed by atoms with Crippen molar-refractivity contribution in [3.63, 3.8) is 0 Å². The molecule has 0 saturated carbocycles. The molecule has 36 heavy (non-hydrogen) atoms. The van der Waals surface area contributed by atoms with Crippen LogP contribution in [-0.4, -0.2) is 30.3 Å². The van der Waals surface area contributed by atoms with E-state index in [1.54, 1.807) is 91.0 Å². The van der Waals surface area contributed by atoms with Crippen LogP contribution in [0, 0.1) is 0 Å². The van der Waals surface area contributed by atoms with Gasteiger partial charge in [-0.15, -0.1) is 0 Å². The lowest BCUT2D eigenvalue weighted by Crippen LogP contribution is -2.17. The molecular formula is C29H20O7. The average molecular weight is 480 g/mol. The quantitative estimate of drug-likeness (QED) is 0.195. The van der Waals surface area contributed by atoms with Crippen LogP contribution in [0.4, 0.5) is 0 Å². The molecule has 0 heterocycles. The summed E-state index contributed by atoms with van der Waals surface area (Å²) in [5.74, 6) is -2.67. The summed E-state index contributed by atoms with van der Waals surface area (Å²) >= 11 is 0. The average Bonchev–Trinajstić information content (AvgIpc) is 2.93. The topological polar surface area (TPSA) is 96.0 Å². The highest BCUT2D eigenvalue weighted by Gasteiger charge is 2.20. The van der Waals surface area contributed by atoms with Crippen molar-refractivity contribution < 1.29 is 33.4 Å². The maximum atomic E-state index is 12.9. The molecule has 4 aromatic carbocycles. The predicted octanol–water partition coefficient (Wildman–Crippen LogP) is 5.16. The molecule has 0 aliphatic carbocycles. The van der Waals surface area contributed by atoms with Crippen LogP contribution in [0.25, 0.3) is 0 Å². The van der Waals surface area contributed by atoms with Crippen LogP contribution in [0.15, 0.2) is 109 Å². The van der Waals surface area contributed by atoms with Gasteiger partial charge in [-0.25, -0.2) is 14.4 Å². The molecule has 0 aliphatic heterocycles. The van der Waals surface area contributed by atoms with Crippen LogP contribution < -0.4 is 9.47 Å². The zero-order valence-electron chi connectivity index (χ0n) is 19.0. The number of esters is 3. The largest absolute Gasteiger partial charge is 0.454 e. The summed E-state index contributed by atoms with van der Waals surface area (Å²) in [5.41, 5.74) is 0.871. The summed E-state index contributed by atoms with van der Waals surface area (Å²) in [6.45, 7) is -0.577. The first-order chi connectivity index (χ1) is 17.5. The molecule has 178 valence electrons. The van der Waals surface area contributed by atoms with Crippen LogP contribution in [0.5, 0.6) is 11.5 Å². The number of hydrogen-bond acceptors (Lipinski definition) is 7. The molecular weight excluding hydrogens is 460 g/mol. The van der Waals surface area contributed by atoms with Gasteiger partial charge < -0.3 is 14.2 Å². The van der Waals surface area contributed by atoms with Crippen molar-refractivity contribution in [3.8, 4) is 11.5 Å². The number of ether oxygens (including phenoxy) is 3. The maximum absolute atomic E-state index is 12.9. The van der Waals surface area contributed by atoms with Crippen molar-refractivity contribution >= 4 is 23.7 Å². The van der Waals surface area contributed by atoms with E-state index in [0.717, 1.165) is 0 Å². The summed E-state index contributed by atoms with van der Waals surface area (Å²) in [6.07, 6.45) is 0. The highest BCUT2D eigenvalue weighted by atomic mass is 16.5. The van der Waals surface area contributed by atoms with Gasteiger partial charge >= 0.3 is 17.9 Å². The smallest absolute Gasteiger partial charge is 0.343 e. The van der Waals surface area contributed by atoms with Gasteiger partial charge in [-0.1, -0.05) is 54.6 Å². The van der Waals surface area contributed by atoms with E-state index in [1.165, 1.54) is 18.2 Å². The Morgan fingerprint density at radius 3 is 1.53 bits per heavy atom. The highest BCUT2D eigenvalue weighted by Crippen LogP contribution is 2.27. The third-order valence-corrected chi connectivity index (χ3v) is 5.03. The first-order valence-corrected chi connectivity index (χ1v) is 10.9. The van der Waals surface area contributed by atoms with Gasteiger partial charge in [-0.05, 0) is 48.5 Å². The van der Waals surface area contributed by atoms with Crippen molar-refractivity contribution in [1.82, 2.24) is 0 Å². The highest BCUT2D eigenvalue weighted by molar-refractivity contribution is 6.03. The molecule has 7 nitrogen and oxygen atoms in total. The summed E-state index contributed by atoms with van der Waals surface area (Å²) in [4.78, 5) is 50.2. The Bertz CT molecular complexity index is 1380. The Hall–Kier alpha value is -5.04. The van der Waals surface area contributed by atoms with Crippen LogP contribution in [0.2, 0.25) is 0 Å². The molecule has 0 aromatic heterocycles. The van der Waals surface area contributed by atoms with Crippen molar-refractivity contribution in [2.45, 2.75) is 0 Å². The Labute approximate surface area is 206 Å². The van der Waals surface area contributed by atoms with E-state index in [-0.39, 0.29) is 22.6 Å². The van der Waals surface area contributed by atoms with Crippen molar-refractivity contribution in [3.05, 3.63) is 131 Å². The predicted molar refractivity (Wildman–Crippen MR) is 130 cm³/mol. The van der Waals surface area contributed by atoms with Gasteiger partial charge in [-0.2, -0.15) is 0 Å². The van der Waals surface area contributed by atoms with E-state index in [2.05, 4.69) is 0 Å². The Morgan fingerprint density at radius 1 is 0.528 bits per heavy atom. The minimum atomic E-state index is -0.711.